The van der Waals surface area contributed by atoms with Crippen LogP contribution in [0.15, 0.2) is 50.3 Å². The van der Waals surface area contributed by atoms with Crippen molar-refractivity contribution in [3.05, 3.63) is 51.3 Å². The zero-order valence-corrected chi connectivity index (χ0v) is 12.8. The van der Waals surface area contributed by atoms with E-state index in [-0.39, 0.29) is 5.43 Å². The van der Waals surface area contributed by atoms with E-state index in [9.17, 15) is 4.79 Å². The summed E-state index contributed by atoms with van der Waals surface area (Å²) in [6, 6.07) is 9.43. The van der Waals surface area contributed by atoms with Gasteiger partial charge < -0.3 is 14.1 Å². The van der Waals surface area contributed by atoms with Crippen LogP contribution >= 0.6 is 11.3 Å². The number of ether oxygens (including phenoxy) is 1. The van der Waals surface area contributed by atoms with Crippen molar-refractivity contribution in [1.82, 2.24) is 0 Å². The van der Waals surface area contributed by atoms with E-state index in [0.717, 1.165) is 24.2 Å². The van der Waals surface area contributed by atoms with Crippen molar-refractivity contribution < 1.29 is 9.15 Å². The molecule has 0 N–H and O–H groups in total. The Labute approximate surface area is 131 Å². The summed E-state index contributed by atoms with van der Waals surface area (Å²) in [6.07, 6.45) is 0. The number of nitrogens with zero attached hydrogens (tertiary/aromatic N) is 1. The van der Waals surface area contributed by atoms with Gasteiger partial charge in [-0.3, -0.25) is 4.79 Å². The molecule has 0 atom stereocenters. The largest absolute Gasteiger partial charge is 0.440 e. The summed E-state index contributed by atoms with van der Waals surface area (Å²) in [4.78, 5) is 14.5. The van der Waals surface area contributed by atoms with Crippen LogP contribution in [0.5, 0.6) is 0 Å². The maximum Gasteiger partial charge on any atom is 0.200 e. The van der Waals surface area contributed by atoms with Crippen molar-refractivity contribution in [2.24, 2.45) is 0 Å². The van der Waals surface area contributed by atoms with Gasteiger partial charge in [-0.2, -0.15) is 11.3 Å². The standard InChI is InChI=1S/C17H15NO3S/c19-15-10-17(18-4-6-20-7-5-18)21-16-2-1-12(9-14(15)16)13-3-8-22-11-13/h1-3,8-11H,4-7H2. The molecule has 1 fully saturated rings. The minimum Gasteiger partial charge on any atom is -0.440 e. The smallest absolute Gasteiger partial charge is 0.200 e. The Morgan fingerprint density at radius 3 is 2.68 bits per heavy atom. The highest BCUT2D eigenvalue weighted by molar-refractivity contribution is 7.08. The Morgan fingerprint density at radius 2 is 1.91 bits per heavy atom. The van der Waals surface area contributed by atoms with Crippen LogP contribution in [0.4, 0.5) is 5.88 Å². The average Bonchev–Trinajstić information content (AvgIpc) is 3.10. The summed E-state index contributed by atoms with van der Waals surface area (Å²) in [5.41, 5.74) is 2.80. The predicted molar refractivity (Wildman–Crippen MR) is 88.8 cm³/mol. The summed E-state index contributed by atoms with van der Waals surface area (Å²) in [7, 11) is 0. The lowest BCUT2D eigenvalue weighted by Crippen LogP contribution is -2.36. The van der Waals surface area contributed by atoms with Gasteiger partial charge in [0.25, 0.3) is 0 Å². The molecular weight excluding hydrogens is 298 g/mol. The number of hydrogen-bond donors (Lipinski definition) is 0. The Balaban J connectivity index is 1.79. The van der Waals surface area contributed by atoms with Gasteiger partial charge in [-0.25, -0.2) is 0 Å². The maximum absolute atomic E-state index is 12.4. The molecule has 5 heteroatoms. The van der Waals surface area contributed by atoms with Crippen LogP contribution in [0.1, 0.15) is 0 Å². The van der Waals surface area contributed by atoms with Gasteiger partial charge in [0, 0.05) is 19.2 Å². The number of benzene rings is 1. The highest BCUT2D eigenvalue weighted by Gasteiger charge is 2.15. The van der Waals surface area contributed by atoms with Crippen molar-refractivity contribution in [2.45, 2.75) is 0 Å². The van der Waals surface area contributed by atoms with E-state index >= 15 is 0 Å². The summed E-state index contributed by atoms with van der Waals surface area (Å²) in [5, 5.41) is 4.73. The molecule has 1 saturated heterocycles. The first kappa shape index (κ1) is 13.5. The van der Waals surface area contributed by atoms with Crippen LogP contribution < -0.4 is 10.3 Å². The zero-order chi connectivity index (χ0) is 14.9. The molecule has 2 aromatic heterocycles. The molecule has 0 radical (unpaired) electrons. The van der Waals surface area contributed by atoms with Crippen LogP contribution in [-0.4, -0.2) is 26.3 Å². The summed E-state index contributed by atoms with van der Waals surface area (Å²) in [6.45, 7) is 2.83. The van der Waals surface area contributed by atoms with Crippen LogP contribution in [0.3, 0.4) is 0 Å². The monoisotopic (exact) mass is 313 g/mol. The lowest BCUT2D eigenvalue weighted by Gasteiger charge is -2.27. The minimum atomic E-state index is -0.000165. The van der Waals surface area contributed by atoms with Crippen molar-refractivity contribution in [2.75, 3.05) is 31.2 Å². The molecule has 0 bridgehead atoms. The molecular formula is C17H15NO3S. The molecule has 1 aromatic carbocycles. The fraction of sp³-hybridized carbons (Fsp3) is 0.235. The molecule has 0 saturated carbocycles. The van der Waals surface area contributed by atoms with E-state index in [2.05, 4.69) is 16.3 Å². The molecule has 1 aliphatic heterocycles. The van der Waals surface area contributed by atoms with Crippen molar-refractivity contribution >= 4 is 28.2 Å². The molecule has 3 heterocycles. The number of morpholine rings is 1. The van der Waals surface area contributed by atoms with Crippen molar-refractivity contribution in [3.8, 4) is 11.1 Å². The fourth-order valence-electron chi connectivity index (χ4n) is 2.69. The Hall–Kier alpha value is -2.11. The maximum atomic E-state index is 12.4. The van der Waals surface area contributed by atoms with Crippen LogP contribution in [-0.2, 0) is 4.74 Å². The summed E-state index contributed by atoms with van der Waals surface area (Å²) < 4.78 is 11.3. The fourth-order valence-corrected chi connectivity index (χ4v) is 3.36. The third-order valence-corrected chi connectivity index (χ3v) is 4.57. The normalized spacial score (nSPS) is 15.4. The molecule has 22 heavy (non-hydrogen) atoms. The molecule has 0 amide bonds. The minimum absolute atomic E-state index is 0.000165. The first-order chi connectivity index (χ1) is 10.8. The molecule has 0 spiro atoms. The van der Waals surface area contributed by atoms with Gasteiger partial charge >= 0.3 is 0 Å². The number of rotatable bonds is 2. The molecule has 0 aliphatic carbocycles. The van der Waals surface area contributed by atoms with E-state index in [4.69, 9.17) is 9.15 Å². The topological polar surface area (TPSA) is 42.7 Å². The van der Waals surface area contributed by atoms with Gasteiger partial charge in [0.2, 0.25) is 0 Å². The Morgan fingerprint density at radius 1 is 1.05 bits per heavy atom. The van der Waals surface area contributed by atoms with Crippen LogP contribution in [0, 0.1) is 0 Å². The predicted octanol–water partition coefficient (Wildman–Crippen LogP) is 3.36. The molecule has 1 aliphatic rings. The van der Waals surface area contributed by atoms with Gasteiger partial charge in [-0.05, 0) is 40.1 Å². The van der Waals surface area contributed by atoms with Gasteiger partial charge in [-0.1, -0.05) is 6.07 Å². The second-order valence-electron chi connectivity index (χ2n) is 5.27. The first-order valence-electron chi connectivity index (χ1n) is 7.24. The number of anilines is 1. The van der Waals surface area contributed by atoms with E-state index in [1.165, 1.54) is 0 Å². The van der Waals surface area contributed by atoms with Gasteiger partial charge in [0.05, 0.1) is 18.6 Å². The Kier molecular flexibility index (Phi) is 3.44. The SMILES string of the molecule is O=c1cc(N2CCOCC2)oc2ccc(-c3ccsc3)cc12. The number of hydrogen-bond acceptors (Lipinski definition) is 5. The highest BCUT2D eigenvalue weighted by Crippen LogP contribution is 2.27. The highest BCUT2D eigenvalue weighted by atomic mass is 32.1. The lowest BCUT2D eigenvalue weighted by molar-refractivity contribution is 0.121. The molecule has 112 valence electrons. The quantitative estimate of drug-likeness (QED) is 0.727. The van der Waals surface area contributed by atoms with Gasteiger partial charge in [-0.15, -0.1) is 0 Å². The molecule has 0 unspecified atom stereocenters. The average molecular weight is 313 g/mol. The second-order valence-corrected chi connectivity index (χ2v) is 6.05. The van der Waals surface area contributed by atoms with Crippen molar-refractivity contribution in [1.29, 1.82) is 0 Å². The number of thiophene rings is 1. The third-order valence-electron chi connectivity index (χ3n) is 3.89. The molecule has 4 nitrogen and oxygen atoms in total. The van der Waals surface area contributed by atoms with Crippen LogP contribution in [0.25, 0.3) is 22.1 Å². The van der Waals surface area contributed by atoms with E-state index in [1.54, 1.807) is 17.4 Å². The Bertz CT molecular complexity index is 848. The first-order valence-corrected chi connectivity index (χ1v) is 8.19. The lowest BCUT2D eigenvalue weighted by atomic mass is 10.1. The van der Waals surface area contributed by atoms with Gasteiger partial charge in [0.1, 0.15) is 5.58 Å². The van der Waals surface area contributed by atoms with E-state index in [0.29, 0.717) is 30.1 Å². The van der Waals surface area contributed by atoms with E-state index in [1.807, 2.05) is 23.6 Å². The van der Waals surface area contributed by atoms with Gasteiger partial charge in [0.15, 0.2) is 11.3 Å². The third kappa shape index (κ3) is 2.42. The van der Waals surface area contributed by atoms with Crippen molar-refractivity contribution in [3.63, 3.8) is 0 Å². The molecule has 4 rings (SSSR count). The number of fused-ring (bicyclic) bond motifs is 1. The van der Waals surface area contributed by atoms with Crippen LogP contribution in [0.2, 0.25) is 0 Å². The van der Waals surface area contributed by atoms with E-state index < -0.39 is 0 Å². The summed E-state index contributed by atoms with van der Waals surface area (Å²) >= 11 is 1.65. The molecule has 3 aromatic rings. The second kappa shape index (κ2) is 5.59. The zero-order valence-electron chi connectivity index (χ0n) is 12.0. The summed E-state index contributed by atoms with van der Waals surface area (Å²) in [5.74, 6) is 0.629.